The fourth-order valence-corrected chi connectivity index (χ4v) is 2.35. The second-order valence-corrected chi connectivity index (χ2v) is 5.35. The molecule has 3 rings (SSSR count). The molecule has 3 aromatic rings. The van der Waals surface area contributed by atoms with Gasteiger partial charge in [-0.2, -0.15) is 23.0 Å². The van der Waals surface area contributed by atoms with Crippen molar-refractivity contribution in [1.82, 2.24) is 9.78 Å². The highest BCUT2D eigenvalue weighted by Gasteiger charge is 2.30. The Bertz CT molecular complexity index is 1030. The lowest BCUT2D eigenvalue weighted by molar-refractivity contribution is -0.384. The van der Waals surface area contributed by atoms with Gasteiger partial charge < -0.3 is 0 Å². The molecule has 0 saturated heterocycles. The molecule has 0 unspecified atom stereocenters. The van der Waals surface area contributed by atoms with E-state index in [-0.39, 0.29) is 11.4 Å². The van der Waals surface area contributed by atoms with Gasteiger partial charge in [-0.25, -0.2) is 0 Å². The summed E-state index contributed by atoms with van der Waals surface area (Å²) < 4.78 is 38.7. The number of nitro groups is 1. The highest BCUT2D eigenvalue weighted by molar-refractivity contribution is 5.65. The first-order chi connectivity index (χ1) is 12.3. The van der Waals surface area contributed by atoms with Crippen LogP contribution in [0.25, 0.3) is 16.8 Å². The fraction of sp³-hybridized carbons (Fsp3) is 0.0588. The smallest absolute Gasteiger partial charge is 0.267 e. The van der Waals surface area contributed by atoms with Gasteiger partial charge in [0, 0.05) is 23.8 Å². The molecule has 2 aromatic carbocycles. The Hall–Kier alpha value is -3.49. The standard InChI is InChI=1S/C17H10F3N3O3/c18-17(19,20)13-4-6-14(7-5-13)22-16(24)9-12(10-21-22)11-2-1-3-15(8-11)23(25)26/h1-10H. The van der Waals surface area contributed by atoms with Crippen molar-refractivity contribution in [2.45, 2.75) is 6.18 Å². The van der Waals surface area contributed by atoms with Crippen molar-refractivity contribution in [2.75, 3.05) is 0 Å². The number of benzene rings is 2. The number of nitro benzene ring substituents is 1. The molecule has 6 nitrogen and oxygen atoms in total. The average molecular weight is 361 g/mol. The van der Waals surface area contributed by atoms with Gasteiger partial charge in [-0.05, 0) is 29.8 Å². The van der Waals surface area contributed by atoms with Crippen LogP contribution in [0.4, 0.5) is 18.9 Å². The summed E-state index contributed by atoms with van der Waals surface area (Å²) in [4.78, 5) is 22.5. The van der Waals surface area contributed by atoms with Gasteiger partial charge in [-0.15, -0.1) is 0 Å². The maximum atomic E-state index is 12.6. The molecule has 0 aliphatic carbocycles. The van der Waals surface area contributed by atoms with Crippen molar-refractivity contribution >= 4 is 5.69 Å². The van der Waals surface area contributed by atoms with Gasteiger partial charge in [0.2, 0.25) is 0 Å². The van der Waals surface area contributed by atoms with E-state index in [9.17, 15) is 28.1 Å². The van der Waals surface area contributed by atoms with E-state index in [0.29, 0.717) is 11.1 Å². The van der Waals surface area contributed by atoms with Gasteiger partial charge in [0.1, 0.15) is 0 Å². The summed E-state index contributed by atoms with van der Waals surface area (Å²) in [7, 11) is 0. The van der Waals surface area contributed by atoms with Gasteiger partial charge in [0.25, 0.3) is 11.2 Å². The minimum absolute atomic E-state index is 0.130. The van der Waals surface area contributed by atoms with Crippen LogP contribution in [-0.4, -0.2) is 14.7 Å². The lowest BCUT2D eigenvalue weighted by Crippen LogP contribution is -2.20. The number of hydrogen-bond acceptors (Lipinski definition) is 4. The lowest BCUT2D eigenvalue weighted by atomic mass is 10.1. The third-order valence-electron chi connectivity index (χ3n) is 3.63. The van der Waals surface area contributed by atoms with Crippen molar-refractivity contribution in [3.05, 3.63) is 86.8 Å². The summed E-state index contributed by atoms with van der Waals surface area (Å²) in [6.45, 7) is 0. The minimum atomic E-state index is -4.47. The van der Waals surface area contributed by atoms with E-state index >= 15 is 0 Å². The zero-order chi connectivity index (χ0) is 18.9. The molecule has 0 N–H and O–H groups in total. The van der Waals surface area contributed by atoms with Gasteiger partial charge in [-0.3, -0.25) is 14.9 Å². The zero-order valence-electron chi connectivity index (χ0n) is 13.0. The van der Waals surface area contributed by atoms with Crippen molar-refractivity contribution in [3.63, 3.8) is 0 Å². The number of non-ortho nitro benzene ring substituents is 1. The third kappa shape index (κ3) is 3.46. The minimum Gasteiger partial charge on any atom is -0.267 e. The number of rotatable bonds is 3. The van der Waals surface area contributed by atoms with E-state index in [0.717, 1.165) is 28.9 Å². The highest BCUT2D eigenvalue weighted by atomic mass is 19.4. The lowest BCUT2D eigenvalue weighted by Gasteiger charge is -2.09. The first-order valence-corrected chi connectivity index (χ1v) is 7.27. The zero-order valence-corrected chi connectivity index (χ0v) is 13.0. The van der Waals surface area contributed by atoms with E-state index in [1.54, 1.807) is 6.07 Å². The molecule has 0 aliphatic rings. The average Bonchev–Trinajstić information content (AvgIpc) is 2.61. The summed E-state index contributed by atoms with van der Waals surface area (Å²) in [6.07, 6.45) is -3.15. The van der Waals surface area contributed by atoms with Crippen LogP contribution in [-0.2, 0) is 6.18 Å². The molecule has 0 amide bonds. The summed E-state index contributed by atoms with van der Waals surface area (Å²) in [6, 6.07) is 10.9. The molecule has 0 atom stereocenters. The van der Waals surface area contributed by atoms with Crippen molar-refractivity contribution in [1.29, 1.82) is 0 Å². The second-order valence-electron chi connectivity index (χ2n) is 5.35. The monoisotopic (exact) mass is 361 g/mol. The fourth-order valence-electron chi connectivity index (χ4n) is 2.35. The molecular weight excluding hydrogens is 351 g/mol. The largest absolute Gasteiger partial charge is 0.416 e. The normalized spacial score (nSPS) is 11.3. The Labute approximate surface area is 144 Å². The van der Waals surface area contributed by atoms with Crippen LogP contribution in [0.15, 0.2) is 65.6 Å². The maximum Gasteiger partial charge on any atom is 0.416 e. The quantitative estimate of drug-likeness (QED) is 0.525. The molecular formula is C17H10F3N3O3. The first kappa shape index (κ1) is 17.3. The van der Waals surface area contributed by atoms with Gasteiger partial charge in [-0.1, -0.05) is 12.1 Å². The molecule has 1 heterocycles. The number of alkyl halides is 3. The van der Waals surface area contributed by atoms with E-state index in [1.807, 2.05) is 0 Å². The third-order valence-corrected chi connectivity index (χ3v) is 3.63. The predicted octanol–water partition coefficient (Wildman–Crippen LogP) is 3.83. The molecule has 26 heavy (non-hydrogen) atoms. The molecule has 132 valence electrons. The maximum absolute atomic E-state index is 12.6. The van der Waals surface area contributed by atoms with E-state index in [4.69, 9.17) is 0 Å². The molecule has 0 aliphatic heterocycles. The molecule has 0 bridgehead atoms. The van der Waals surface area contributed by atoms with Crippen molar-refractivity contribution in [2.24, 2.45) is 0 Å². The van der Waals surface area contributed by atoms with Crippen LogP contribution >= 0.6 is 0 Å². The first-order valence-electron chi connectivity index (χ1n) is 7.27. The van der Waals surface area contributed by atoms with Gasteiger partial charge in [0.15, 0.2) is 0 Å². The SMILES string of the molecule is O=c1cc(-c2cccc([N+](=O)[O-])c2)cnn1-c1ccc(C(F)(F)F)cc1. The topological polar surface area (TPSA) is 78.0 Å². The van der Waals surface area contributed by atoms with Crippen LogP contribution in [0.1, 0.15) is 5.56 Å². The van der Waals surface area contributed by atoms with E-state index < -0.39 is 22.2 Å². The van der Waals surface area contributed by atoms with Gasteiger partial charge in [0.05, 0.1) is 22.4 Å². The summed E-state index contributed by atoms with van der Waals surface area (Å²) >= 11 is 0. The Morgan fingerprint density at radius 2 is 1.69 bits per heavy atom. The van der Waals surface area contributed by atoms with Crippen LogP contribution in [0.3, 0.4) is 0 Å². The Morgan fingerprint density at radius 1 is 1.00 bits per heavy atom. The van der Waals surface area contributed by atoms with E-state index in [2.05, 4.69) is 5.10 Å². The van der Waals surface area contributed by atoms with Crippen LogP contribution in [0.5, 0.6) is 0 Å². The number of halogens is 3. The molecule has 0 saturated carbocycles. The summed E-state index contributed by atoms with van der Waals surface area (Å²) in [5.74, 6) is 0. The number of nitrogens with zero attached hydrogens (tertiary/aromatic N) is 3. The van der Waals surface area contributed by atoms with E-state index in [1.165, 1.54) is 30.5 Å². The predicted molar refractivity (Wildman–Crippen MR) is 86.9 cm³/mol. The van der Waals surface area contributed by atoms with Crippen LogP contribution < -0.4 is 5.56 Å². The Kier molecular flexibility index (Phi) is 4.29. The molecule has 1 aromatic heterocycles. The van der Waals surface area contributed by atoms with Gasteiger partial charge >= 0.3 is 6.18 Å². The summed E-state index contributed by atoms with van der Waals surface area (Å²) in [5.41, 5.74) is -0.565. The van der Waals surface area contributed by atoms with Crippen molar-refractivity contribution < 1.29 is 18.1 Å². The summed E-state index contributed by atoms with van der Waals surface area (Å²) in [5, 5.41) is 14.8. The van der Waals surface area contributed by atoms with Crippen molar-refractivity contribution in [3.8, 4) is 16.8 Å². The Morgan fingerprint density at radius 3 is 2.27 bits per heavy atom. The number of aromatic nitrogens is 2. The number of hydrogen-bond donors (Lipinski definition) is 0. The van der Waals surface area contributed by atoms with Crippen LogP contribution in [0, 0.1) is 10.1 Å². The molecule has 0 fully saturated rings. The molecule has 0 radical (unpaired) electrons. The highest BCUT2D eigenvalue weighted by Crippen LogP contribution is 2.29. The Balaban J connectivity index is 1.97. The van der Waals surface area contributed by atoms with Crippen LogP contribution in [0.2, 0.25) is 0 Å². The molecule has 9 heteroatoms. The second kappa shape index (κ2) is 6.43. The molecule has 0 spiro atoms.